The number of phenolic OH excluding ortho intramolecular Hbond substituents is 1. The number of carbonyl (C=O) groups excluding carboxylic acids is 2. The molecule has 0 unspecified atom stereocenters. The molecule has 8 heteroatoms. The number of aromatic hydroxyl groups is 1. The van der Waals surface area contributed by atoms with E-state index in [0.29, 0.717) is 17.7 Å². The monoisotopic (exact) mass is 509 g/mol. The van der Waals surface area contributed by atoms with Crippen LogP contribution in [0, 0.1) is 12.3 Å². The van der Waals surface area contributed by atoms with E-state index in [2.05, 4.69) is 0 Å². The van der Waals surface area contributed by atoms with Crippen LogP contribution in [0.3, 0.4) is 0 Å². The molecule has 3 rings (SSSR count). The molecule has 0 radical (unpaired) electrons. The number of carbonyl (C=O) groups is 2. The van der Waals surface area contributed by atoms with Crippen molar-refractivity contribution in [2.45, 2.75) is 40.7 Å². The van der Waals surface area contributed by atoms with Gasteiger partial charge in [-0.25, -0.2) is 13.1 Å². The van der Waals surface area contributed by atoms with E-state index in [1.807, 2.05) is 55.8 Å². The van der Waals surface area contributed by atoms with E-state index in [1.165, 1.54) is 0 Å². The number of Topliss-reactive ketones (excluding diaryl/α,β-unsaturated/α-hetero) is 1. The van der Waals surface area contributed by atoms with Crippen molar-refractivity contribution in [3.8, 4) is 22.6 Å². The highest BCUT2D eigenvalue weighted by molar-refractivity contribution is 7.89. The van der Waals surface area contributed by atoms with E-state index >= 15 is 0 Å². The Hall–Kier alpha value is -3.65. The quantitative estimate of drug-likeness (QED) is 0.401. The second-order valence-electron chi connectivity index (χ2n) is 10.0. The number of amides is 1. The molecular formula is C28H31NO6S. The molecule has 0 bridgehead atoms. The summed E-state index contributed by atoms with van der Waals surface area (Å²) in [4.78, 5) is 24.8. The number of nitrogens with one attached hydrogen (secondary N) is 1. The number of ketones is 1. The molecule has 0 aliphatic heterocycles. The molecule has 0 aliphatic rings. The van der Waals surface area contributed by atoms with Gasteiger partial charge in [-0.3, -0.25) is 9.59 Å². The predicted molar refractivity (Wildman–Crippen MR) is 140 cm³/mol. The van der Waals surface area contributed by atoms with Gasteiger partial charge < -0.3 is 9.84 Å². The molecule has 0 fully saturated rings. The van der Waals surface area contributed by atoms with Crippen molar-refractivity contribution in [1.29, 1.82) is 0 Å². The maximum Gasteiger partial charge on any atom is 0.264 e. The molecule has 0 aliphatic carbocycles. The van der Waals surface area contributed by atoms with Gasteiger partial charge in [0.15, 0.2) is 5.78 Å². The van der Waals surface area contributed by atoms with E-state index in [1.54, 1.807) is 37.3 Å². The van der Waals surface area contributed by atoms with Crippen LogP contribution < -0.4 is 9.46 Å². The maximum atomic E-state index is 12.6. The van der Waals surface area contributed by atoms with Crippen molar-refractivity contribution in [3.05, 3.63) is 82.9 Å². The minimum absolute atomic E-state index is 0.0697. The highest BCUT2D eigenvalue weighted by Crippen LogP contribution is 2.34. The van der Waals surface area contributed by atoms with Crippen LogP contribution in [0.5, 0.6) is 11.5 Å². The molecule has 0 saturated heterocycles. The Labute approximate surface area is 212 Å². The lowest BCUT2D eigenvalue weighted by Crippen LogP contribution is -2.29. The second-order valence-corrected chi connectivity index (χ2v) is 11.8. The zero-order chi connectivity index (χ0) is 26.7. The fraction of sp³-hybridized carbons (Fsp3) is 0.286. The van der Waals surface area contributed by atoms with Crippen molar-refractivity contribution in [3.63, 3.8) is 0 Å². The molecule has 0 heterocycles. The Bertz CT molecular complexity index is 1400. The first-order valence-corrected chi connectivity index (χ1v) is 13.3. The summed E-state index contributed by atoms with van der Waals surface area (Å²) in [5.74, 6) is -0.405. The Morgan fingerprint density at radius 1 is 0.972 bits per heavy atom. The highest BCUT2D eigenvalue weighted by atomic mass is 32.2. The average Bonchev–Trinajstić information content (AvgIpc) is 2.78. The molecule has 190 valence electrons. The number of sulfonamides is 1. The first-order valence-electron chi connectivity index (χ1n) is 11.4. The van der Waals surface area contributed by atoms with Crippen molar-refractivity contribution in [2.75, 3.05) is 6.26 Å². The van der Waals surface area contributed by atoms with Gasteiger partial charge in [0.2, 0.25) is 10.0 Å². The maximum absolute atomic E-state index is 12.6. The van der Waals surface area contributed by atoms with Crippen molar-refractivity contribution in [1.82, 2.24) is 4.72 Å². The number of hydrogen-bond donors (Lipinski definition) is 2. The van der Waals surface area contributed by atoms with Crippen LogP contribution in [-0.4, -0.2) is 31.5 Å². The molecule has 3 aromatic carbocycles. The Balaban J connectivity index is 1.77. The van der Waals surface area contributed by atoms with Gasteiger partial charge in [-0.1, -0.05) is 51.1 Å². The molecular weight excluding hydrogens is 478 g/mol. The molecule has 0 aromatic heterocycles. The van der Waals surface area contributed by atoms with Crippen LogP contribution >= 0.6 is 0 Å². The zero-order valence-corrected chi connectivity index (χ0v) is 21.9. The number of phenols is 1. The average molecular weight is 510 g/mol. The lowest BCUT2D eigenvalue weighted by Gasteiger charge is -2.18. The first kappa shape index (κ1) is 26.9. The first-order chi connectivity index (χ1) is 16.7. The molecule has 1 amide bonds. The topological polar surface area (TPSA) is 110 Å². The fourth-order valence-corrected chi connectivity index (χ4v) is 4.16. The summed E-state index contributed by atoms with van der Waals surface area (Å²) in [5, 5.41) is 10.6. The molecule has 3 aromatic rings. The largest absolute Gasteiger partial charge is 0.507 e. The van der Waals surface area contributed by atoms with Gasteiger partial charge >= 0.3 is 0 Å². The van der Waals surface area contributed by atoms with Crippen LogP contribution in [0.15, 0.2) is 60.7 Å². The van der Waals surface area contributed by atoms with Crippen molar-refractivity contribution >= 4 is 21.7 Å². The summed E-state index contributed by atoms with van der Waals surface area (Å²) in [6.45, 7) is 7.85. The lowest BCUT2D eigenvalue weighted by molar-refractivity contribution is 0.0935. The third kappa shape index (κ3) is 7.18. The van der Waals surface area contributed by atoms with Gasteiger partial charge in [0.05, 0.1) is 11.8 Å². The van der Waals surface area contributed by atoms with Gasteiger partial charge in [0.1, 0.15) is 18.1 Å². The highest BCUT2D eigenvalue weighted by Gasteiger charge is 2.21. The van der Waals surface area contributed by atoms with Gasteiger partial charge in [-0.2, -0.15) is 0 Å². The summed E-state index contributed by atoms with van der Waals surface area (Å²) in [5.41, 5.74) is 3.25. The summed E-state index contributed by atoms with van der Waals surface area (Å²) >= 11 is 0. The summed E-state index contributed by atoms with van der Waals surface area (Å²) in [6.07, 6.45) is 1.25. The van der Waals surface area contributed by atoms with Crippen LogP contribution in [0.4, 0.5) is 0 Å². The summed E-state index contributed by atoms with van der Waals surface area (Å²) < 4.78 is 30.7. The standard InChI is InChI=1S/C28H31NO6S/c1-18-25(13-12-23(26(18)31)24(30)16-28(2,3)4)35-17-19-8-6-9-20(14-19)21-10-7-11-22(15-21)27(32)29-36(5,33)34/h6-15,31H,16-17H2,1-5H3,(H,29,32). The third-order valence-electron chi connectivity index (χ3n) is 5.43. The van der Waals surface area contributed by atoms with E-state index in [-0.39, 0.29) is 34.7 Å². The number of ether oxygens (including phenoxy) is 1. The molecule has 0 saturated carbocycles. The molecule has 36 heavy (non-hydrogen) atoms. The van der Waals surface area contributed by atoms with Crippen molar-refractivity contribution in [2.24, 2.45) is 5.41 Å². The second kappa shape index (κ2) is 10.5. The zero-order valence-electron chi connectivity index (χ0n) is 21.1. The normalized spacial score (nSPS) is 11.7. The Morgan fingerprint density at radius 2 is 1.61 bits per heavy atom. The molecule has 2 N–H and O–H groups in total. The molecule has 0 atom stereocenters. The van der Waals surface area contributed by atoms with Gasteiger partial charge in [0.25, 0.3) is 5.91 Å². The van der Waals surface area contributed by atoms with Crippen LogP contribution in [0.1, 0.15) is 59.0 Å². The SMILES string of the molecule is Cc1c(OCc2cccc(-c3cccc(C(=O)NS(C)(=O)=O)c3)c2)ccc(C(=O)CC(C)(C)C)c1O. The molecule has 0 spiro atoms. The number of rotatable bonds is 8. The van der Waals surface area contributed by atoms with Gasteiger partial charge in [-0.15, -0.1) is 0 Å². The smallest absolute Gasteiger partial charge is 0.264 e. The van der Waals surface area contributed by atoms with Crippen molar-refractivity contribution < 1.29 is 27.9 Å². The lowest BCUT2D eigenvalue weighted by atomic mass is 9.87. The predicted octanol–water partition coefficient (Wildman–Crippen LogP) is 5.25. The minimum Gasteiger partial charge on any atom is -0.507 e. The van der Waals surface area contributed by atoms with E-state index in [4.69, 9.17) is 4.74 Å². The number of benzene rings is 3. The van der Waals surface area contributed by atoms with Crippen LogP contribution in [0.2, 0.25) is 0 Å². The number of hydrogen-bond acceptors (Lipinski definition) is 6. The van der Waals surface area contributed by atoms with Gasteiger partial charge in [0, 0.05) is 17.5 Å². The van der Waals surface area contributed by atoms with Crippen LogP contribution in [0.25, 0.3) is 11.1 Å². The van der Waals surface area contributed by atoms with E-state index in [9.17, 15) is 23.1 Å². The van der Waals surface area contributed by atoms with E-state index < -0.39 is 15.9 Å². The minimum atomic E-state index is -3.66. The van der Waals surface area contributed by atoms with E-state index in [0.717, 1.165) is 22.9 Å². The van der Waals surface area contributed by atoms with Gasteiger partial charge in [-0.05, 0) is 59.4 Å². The molecule has 7 nitrogen and oxygen atoms in total. The third-order valence-corrected chi connectivity index (χ3v) is 5.99. The van der Waals surface area contributed by atoms with Crippen LogP contribution in [-0.2, 0) is 16.6 Å². The Kier molecular flexibility index (Phi) is 7.89. The fourth-order valence-electron chi connectivity index (χ4n) is 3.71. The summed E-state index contributed by atoms with van der Waals surface area (Å²) in [6, 6.07) is 17.5. The Morgan fingerprint density at radius 3 is 2.25 bits per heavy atom. The summed E-state index contributed by atoms with van der Waals surface area (Å²) in [7, 11) is -3.66.